The van der Waals surface area contributed by atoms with E-state index in [4.69, 9.17) is 11.6 Å². The molecule has 0 bridgehead atoms. The van der Waals surface area contributed by atoms with E-state index >= 15 is 0 Å². The third-order valence-corrected chi connectivity index (χ3v) is 5.06. The number of aromatic nitrogens is 4. The lowest BCUT2D eigenvalue weighted by atomic mass is 10.2. The summed E-state index contributed by atoms with van der Waals surface area (Å²) in [5.74, 6) is 0.176. The molecule has 0 aliphatic rings. The number of nitrogens with one attached hydrogen (secondary N) is 1. The minimum atomic E-state index is -0.403. The van der Waals surface area contributed by atoms with Crippen LogP contribution < -0.4 is 15.9 Å². The molecule has 0 aliphatic heterocycles. The second kappa shape index (κ2) is 7.21. The molecule has 8 nitrogen and oxygen atoms in total. The fourth-order valence-corrected chi connectivity index (χ4v) is 3.33. The highest BCUT2D eigenvalue weighted by molar-refractivity contribution is 6.31. The Hall–Kier alpha value is -3.39. The number of carbonyl (C=O) groups is 1. The van der Waals surface area contributed by atoms with Gasteiger partial charge in [-0.2, -0.15) is 0 Å². The minimum Gasteiger partial charge on any atom is -0.360 e. The van der Waals surface area contributed by atoms with Crippen molar-refractivity contribution in [2.24, 2.45) is 0 Å². The van der Waals surface area contributed by atoms with Gasteiger partial charge in [0.2, 0.25) is 11.6 Å². The van der Waals surface area contributed by atoms with Gasteiger partial charge in [-0.3, -0.25) is 4.79 Å². The first kappa shape index (κ1) is 18.9. The van der Waals surface area contributed by atoms with Gasteiger partial charge in [-0.15, -0.1) is 5.10 Å². The van der Waals surface area contributed by atoms with Crippen LogP contribution in [0.1, 0.15) is 5.56 Å². The van der Waals surface area contributed by atoms with Crippen molar-refractivity contribution < 1.29 is 4.79 Å². The molecule has 2 aromatic carbocycles. The maximum atomic E-state index is 13.0. The second-order valence-corrected chi connectivity index (χ2v) is 7.29. The molecule has 1 N–H and O–H groups in total. The lowest BCUT2D eigenvalue weighted by Crippen LogP contribution is -2.28. The Kier molecular flexibility index (Phi) is 4.71. The molecule has 9 heteroatoms. The molecule has 1 amide bonds. The fourth-order valence-electron chi connectivity index (χ4n) is 3.15. The lowest BCUT2D eigenvalue weighted by Gasteiger charge is -2.12. The average Bonchev–Trinajstić information content (AvgIpc) is 3.01. The summed E-state index contributed by atoms with van der Waals surface area (Å²) in [6, 6.07) is 12.6. The van der Waals surface area contributed by atoms with E-state index in [-0.39, 0.29) is 12.5 Å². The Morgan fingerprint density at radius 2 is 1.93 bits per heavy atom. The van der Waals surface area contributed by atoms with Crippen molar-refractivity contribution in [1.29, 1.82) is 0 Å². The summed E-state index contributed by atoms with van der Waals surface area (Å²) in [7, 11) is 3.66. The topological polar surface area (TPSA) is 84.5 Å². The van der Waals surface area contributed by atoms with Gasteiger partial charge in [0, 0.05) is 24.8 Å². The molecule has 0 fully saturated rings. The van der Waals surface area contributed by atoms with Crippen molar-refractivity contribution in [1.82, 2.24) is 19.2 Å². The Morgan fingerprint density at radius 3 is 2.69 bits per heavy atom. The molecule has 0 atom stereocenters. The molecular formula is C20H19ClN6O2. The second-order valence-electron chi connectivity index (χ2n) is 6.88. The Bertz CT molecular complexity index is 1310. The number of halogens is 1. The van der Waals surface area contributed by atoms with E-state index in [1.807, 2.05) is 39.2 Å². The Balaban J connectivity index is 1.77. The highest BCUT2D eigenvalue weighted by atomic mass is 35.5. The molecule has 4 aromatic rings. The first-order valence-electron chi connectivity index (χ1n) is 8.97. The monoisotopic (exact) mass is 410 g/mol. The summed E-state index contributed by atoms with van der Waals surface area (Å²) < 4.78 is 2.63. The summed E-state index contributed by atoms with van der Waals surface area (Å²) in [5, 5.41) is 7.72. The van der Waals surface area contributed by atoms with Gasteiger partial charge in [0.15, 0.2) is 5.82 Å². The largest absolute Gasteiger partial charge is 0.360 e. The number of hydrogen-bond acceptors (Lipinski definition) is 5. The maximum Gasteiger partial charge on any atom is 0.351 e. The van der Waals surface area contributed by atoms with Crippen LogP contribution in [-0.4, -0.2) is 39.2 Å². The number of rotatable bonds is 4. The van der Waals surface area contributed by atoms with E-state index in [2.05, 4.69) is 15.4 Å². The molecule has 0 saturated heterocycles. The summed E-state index contributed by atoms with van der Waals surface area (Å²) >= 11 is 6.10. The van der Waals surface area contributed by atoms with Crippen LogP contribution in [-0.2, 0) is 11.3 Å². The van der Waals surface area contributed by atoms with Gasteiger partial charge in [-0.1, -0.05) is 29.8 Å². The highest BCUT2D eigenvalue weighted by Gasteiger charge is 2.18. The molecule has 4 rings (SSSR count). The number of para-hydroxylation sites is 2. The number of carbonyl (C=O) groups excluding carboxylic acids is 1. The molecule has 0 spiro atoms. The maximum absolute atomic E-state index is 13.0. The first-order valence-corrected chi connectivity index (χ1v) is 9.35. The standard InChI is InChI=1S/C20H19ClN6O2/c1-12-13(21)7-6-9-14(12)22-17(28)11-26-20(29)27-16-10-5-4-8-15(16)23-18(25(2)3)19(27)24-26/h4-10H,11H2,1-3H3,(H,22,28). The van der Waals surface area contributed by atoms with Crippen molar-refractivity contribution in [3.05, 3.63) is 63.5 Å². The third kappa shape index (κ3) is 3.31. The average molecular weight is 411 g/mol. The van der Waals surface area contributed by atoms with Gasteiger partial charge < -0.3 is 10.2 Å². The van der Waals surface area contributed by atoms with Crippen LogP contribution in [0.4, 0.5) is 11.5 Å². The number of nitrogens with zero attached hydrogens (tertiary/aromatic N) is 5. The zero-order valence-corrected chi connectivity index (χ0v) is 16.9. The van der Waals surface area contributed by atoms with Crippen molar-refractivity contribution >= 4 is 45.7 Å². The number of anilines is 2. The zero-order chi connectivity index (χ0) is 20.7. The van der Waals surface area contributed by atoms with Crippen LogP contribution in [0.25, 0.3) is 16.7 Å². The molecule has 0 aliphatic carbocycles. The van der Waals surface area contributed by atoms with Gasteiger partial charge in [-0.05, 0) is 36.8 Å². The summed E-state index contributed by atoms with van der Waals surface area (Å²) in [6.45, 7) is 1.59. The van der Waals surface area contributed by atoms with Crippen molar-refractivity contribution in [3.63, 3.8) is 0 Å². The summed E-state index contributed by atoms with van der Waals surface area (Å²) in [6.07, 6.45) is 0. The minimum absolute atomic E-state index is 0.229. The quantitative estimate of drug-likeness (QED) is 0.559. The Morgan fingerprint density at radius 1 is 1.17 bits per heavy atom. The summed E-state index contributed by atoms with van der Waals surface area (Å²) in [5.41, 5.74) is 2.65. The van der Waals surface area contributed by atoms with E-state index in [9.17, 15) is 9.59 Å². The fraction of sp³-hybridized carbons (Fsp3) is 0.200. The van der Waals surface area contributed by atoms with Crippen molar-refractivity contribution in [3.8, 4) is 0 Å². The van der Waals surface area contributed by atoms with Gasteiger partial charge in [0.1, 0.15) is 6.54 Å². The summed E-state index contributed by atoms with van der Waals surface area (Å²) in [4.78, 5) is 32.0. The number of amides is 1. The number of hydrogen-bond donors (Lipinski definition) is 1. The molecular weight excluding hydrogens is 392 g/mol. The predicted octanol–water partition coefficient (Wildman–Crippen LogP) is 2.71. The highest BCUT2D eigenvalue weighted by Crippen LogP contribution is 2.23. The lowest BCUT2D eigenvalue weighted by molar-refractivity contribution is -0.117. The van der Waals surface area contributed by atoms with Crippen LogP contribution >= 0.6 is 11.6 Å². The van der Waals surface area contributed by atoms with Crippen molar-refractivity contribution in [2.75, 3.05) is 24.3 Å². The van der Waals surface area contributed by atoms with Crippen LogP contribution in [0, 0.1) is 6.92 Å². The van der Waals surface area contributed by atoms with E-state index in [0.717, 1.165) is 10.2 Å². The van der Waals surface area contributed by atoms with Crippen LogP contribution in [0.3, 0.4) is 0 Å². The predicted molar refractivity (Wildman–Crippen MR) is 114 cm³/mol. The van der Waals surface area contributed by atoms with Crippen LogP contribution in [0.5, 0.6) is 0 Å². The SMILES string of the molecule is Cc1c(Cl)cccc1NC(=O)Cn1nc2c(N(C)C)nc3ccccc3n2c1=O. The van der Waals surface area contributed by atoms with Crippen molar-refractivity contribution in [2.45, 2.75) is 13.5 Å². The number of fused-ring (bicyclic) bond motifs is 3. The van der Waals surface area contributed by atoms with Gasteiger partial charge >= 0.3 is 5.69 Å². The van der Waals surface area contributed by atoms with E-state index < -0.39 is 5.69 Å². The molecule has 0 saturated carbocycles. The molecule has 2 heterocycles. The number of benzene rings is 2. The molecule has 29 heavy (non-hydrogen) atoms. The molecule has 0 radical (unpaired) electrons. The first-order chi connectivity index (χ1) is 13.9. The van der Waals surface area contributed by atoms with E-state index in [0.29, 0.717) is 33.2 Å². The van der Waals surface area contributed by atoms with E-state index in [1.54, 1.807) is 29.2 Å². The van der Waals surface area contributed by atoms with E-state index in [1.165, 1.54) is 4.40 Å². The van der Waals surface area contributed by atoms with Gasteiger partial charge in [0.05, 0.1) is 11.0 Å². The van der Waals surface area contributed by atoms with Crippen LogP contribution in [0.15, 0.2) is 47.3 Å². The Labute approximate surface area is 171 Å². The van der Waals surface area contributed by atoms with Gasteiger partial charge in [-0.25, -0.2) is 18.9 Å². The third-order valence-electron chi connectivity index (χ3n) is 4.65. The normalized spacial score (nSPS) is 11.2. The zero-order valence-electron chi connectivity index (χ0n) is 16.2. The molecule has 148 valence electrons. The molecule has 2 aromatic heterocycles. The smallest absolute Gasteiger partial charge is 0.351 e. The van der Waals surface area contributed by atoms with Gasteiger partial charge in [0.25, 0.3) is 0 Å². The molecule has 0 unspecified atom stereocenters. The van der Waals surface area contributed by atoms with Crippen LogP contribution in [0.2, 0.25) is 5.02 Å².